The number of amides is 1. The lowest BCUT2D eigenvalue weighted by molar-refractivity contribution is -0.144. The molecule has 2 aromatic carbocycles. The van der Waals surface area contributed by atoms with Gasteiger partial charge in [0.05, 0.1) is 25.3 Å². The zero-order chi connectivity index (χ0) is 23.4. The van der Waals surface area contributed by atoms with Crippen LogP contribution in [0.25, 0.3) is 0 Å². The first-order valence-corrected chi connectivity index (χ1v) is 8.33. The summed E-state index contributed by atoms with van der Waals surface area (Å²) >= 11 is 0. The quantitative estimate of drug-likeness (QED) is 0.516. The Morgan fingerprint density at radius 2 is 1.45 bits per heavy atom. The van der Waals surface area contributed by atoms with Gasteiger partial charge >= 0.3 is 18.3 Å². The number of halogens is 6. The van der Waals surface area contributed by atoms with Gasteiger partial charge in [-0.3, -0.25) is 4.79 Å². The van der Waals surface area contributed by atoms with Gasteiger partial charge in [0.2, 0.25) is 0 Å². The Hall–Kier alpha value is -3.44. The molecule has 1 amide bonds. The lowest BCUT2D eigenvalue weighted by atomic mass is 10.1. The first-order valence-electron chi connectivity index (χ1n) is 8.33. The van der Waals surface area contributed by atoms with Gasteiger partial charge in [-0.15, -0.1) is 0 Å². The molecule has 6 nitrogen and oxygen atoms in total. The summed E-state index contributed by atoms with van der Waals surface area (Å²) in [5, 5.41) is 2.00. The number of ether oxygens (including phenoxy) is 3. The molecule has 0 spiro atoms. The average Bonchev–Trinajstić information content (AvgIpc) is 2.70. The van der Waals surface area contributed by atoms with Crippen LogP contribution in [0.1, 0.15) is 21.5 Å². The van der Waals surface area contributed by atoms with Crippen LogP contribution in [0.4, 0.5) is 32.0 Å². The third kappa shape index (κ3) is 6.27. The molecule has 0 aliphatic carbocycles. The highest BCUT2D eigenvalue weighted by molar-refractivity contribution is 6.04. The fraction of sp³-hybridized carbons (Fsp3) is 0.263. The van der Waals surface area contributed by atoms with E-state index in [1.54, 1.807) is 0 Å². The van der Waals surface area contributed by atoms with Crippen LogP contribution in [-0.4, -0.2) is 32.7 Å². The Bertz CT molecular complexity index is 939. The maximum atomic E-state index is 13.0. The molecule has 0 aliphatic heterocycles. The second kappa shape index (κ2) is 9.14. The molecule has 0 heterocycles. The molecule has 0 unspecified atom stereocenters. The molecule has 0 aromatic heterocycles. The SMILES string of the molecule is COC(=O)COc1cc(C(=O)Nc2cc(C(F)(F)F)cc(C(F)(F)F)c2)ccc1OC. The van der Waals surface area contributed by atoms with Crippen molar-refractivity contribution in [1.29, 1.82) is 0 Å². The van der Waals surface area contributed by atoms with Gasteiger partial charge in [0.25, 0.3) is 5.91 Å². The number of hydrogen-bond donors (Lipinski definition) is 1. The maximum Gasteiger partial charge on any atom is 0.416 e. The molecule has 0 aliphatic rings. The van der Waals surface area contributed by atoms with Crippen LogP contribution in [0.5, 0.6) is 11.5 Å². The van der Waals surface area contributed by atoms with Crippen molar-refractivity contribution in [1.82, 2.24) is 0 Å². The fourth-order valence-corrected chi connectivity index (χ4v) is 2.36. The number of benzene rings is 2. The van der Waals surface area contributed by atoms with E-state index in [2.05, 4.69) is 4.74 Å². The van der Waals surface area contributed by atoms with E-state index in [-0.39, 0.29) is 23.1 Å². The zero-order valence-electron chi connectivity index (χ0n) is 16.0. The second-order valence-corrected chi connectivity index (χ2v) is 5.98. The number of anilines is 1. The van der Waals surface area contributed by atoms with Crippen LogP contribution in [-0.2, 0) is 21.9 Å². The fourth-order valence-electron chi connectivity index (χ4n) is 2.36. The van der Waals surface area contributed by atoms with Gasteiger partial charge in [-0.2, -0.15) is 26.3 Å². The molecule has 168 valence electrons. The number of esters is 1. The van der Waals surface area contributed by atoms with Crippen LogP contribution in [0.15, 0.2) is 36.4 Å². The Balaban J connectivity index is 2.35. The van der Waals surface area contributed by atoms with Crippen LogP contribution < -0.4 is 14.8 Å². The van der Waals surface area contributed by atoms with Crippen molar-refractivity contribution in [2.24, 2.45) is 0 Å². The minimum atomic E-state index is -5.06. The number of methoxy groups -OCH3 is 2. The Labute approximate surface area is 171 Å². The molecule has 0 saturated heterocycles. The summed E-state index contributed by atoms with van der Waals surface area (Å²) in [6.07, 6.45) is -10.1. The third-order valence-corrected chi connectivity index (χ3v) is 3.84. The lowest BCUT2D eigenvalue weighted by Crippen LogP contribution is -2.16. The van der Waals surface area contributed by atoms with E-state index in [0.29, 0.717) is 12.1 Å². The molecule has 2 aromatic rings. The number of rotatable bonds is 6. The minimum absolute atomic E-state index is 0.0538. The van der Waals surface area contributed by atoms with Crippen molar-refractivity contribution in [3.05, 3.63) is 53.1 Å². The minimum Gasteiger partial charge on any atom is -0.493 e. The molecule has 0 saturated carbocycles. The molecule has 0 fully saturated rings. The van der Waals surface area contributed by atoms with Gasteiger partial charge in [0.1, 0.15) is 0 Å². The Kier molecular flexibility index (Phi) is 7.03. The van der Waals surface area contributed by atoms with Crippen molar-refractivity contribution >= 4 is 17.6 Å². The standard InChI is InChI=1S/C19H15F6NO5/c1-29-14-4-3-10(5-15(14)31-9-16(27)30-2)17(28)26-13-7-11(18(20,21)22)6-12(8-13)19(23,24)25/h3-8H,9H2,1-2H3,(H,26,28). The average molecular weight is 451 g/mol. The molecular weight excluding hydrogens is 436 g/mol. The summed E-state index contributed by atoms with van der Waals surface area (Å²) in [6, 6.07) is 4.29. The monoisotopic (exact) mass is 451 g/mol. The van der Waals surface area contributed by atoms with Crippen molar-refractivity contribution in [3.63, 3.8) is 0 Å². The topological polar surface area (TPSA) is 73.9 Å². The molecule has 2 rings (SSSR count). The first-order chi connectivity index (χ1) is 14.3. The molecule has 12 heteroatoms. The number of carbonyl (C=O) groups excluding carboxylic acids is 2. The number of alkyl halides is 6. The molecular formula is C19H15F6NO5. The van der Waals surface area contributed by atoms with Crippen LogP contribution in [0.3, 0.4) is 0 Å². The van der Waals surface area contributed by atoms with Gasteiger partial charge in [-0.25, -0.2) is 4.79 Å². The van der Waals surface area contributed by atoms with Crippen LogP contribution >= 0.6 is 0 Å². The summed E-state index contributed by atoms with van der Waals surface area (Å²) in [5.41, 5.74) is -4.03. The van der Waals surface area contributed by atoms with E-state index in [1.807, 2.05) is 5.32 Å². The number of hydrogen-bond acceptors (Lipinski definition) is 5. The van der Waals surface area contributed by atoms with E-state index in [9.17, 15) is 35.9 Å². The largest absolute Gasteiger partial charge is 0.493 e. The van der Waals surface area contributed by atoms with Crippen molar-refractivity contribution < 1.29 is 50.1 Å². The zero-order valence-corrected chi connectivity index (χ0v) is 16.0. The Morgan fingerprint density at radius 3 is 1.94 bits per heavy atom. The van der Waals surface area contributed by atoms with E-state index < -0.39 is 47.7 Å². The van der Waals surface area contributed by atoms with Gasteiger partial charge < -0.3 is 19.5 Å². The summed E-state index contributed by atoms with van der Waals surface area (Å²) in [5.74, 6) is -1.70. The maximum absolute atomic E-state index is 13.0. The molecule has 0 atom stereocenters. The van der Waals surface area contributed by atoms with E-state index in [4.69, 9.17) is 9.47 Å². The molecule has 31 heavy (non-hydrogen) atoms. The summed E-state index contributed by atoms with van der Waals surface area (Å²) in [4.78, 5) is 23.6. The molecule has 1 N–H and O–H groups in total. The smallest absolute Gasteiger partial charge is 0.416 e. The predicted molar refractivity (Wildman–Crippen MR) is 94.9 cm³/mol. The van der Waals surface area contributed by atoms with Crippen molar-refractivity contribution in [2.45, 2.75) is 12.4 Å². The van der Waals surface area contributed by atoms with Crippen LogP contribution in [0.2, 0.25) is 0 Å². The second-order valence-electron chi connectivity index (χ2n) is 5.98. The number of carbonyl (C=O) groups is 2. The molecule has 0 radical (unpaired) electrons. The first kappa shape index (κ1) is 23.8. The Morgan fingerprint density at radius 1 is 0.871 bits per heavy atom. The summed E-state index contributed by atoms with van der Waals surface area (Å²) < 4.78 is 92.4. The normalized spacial score (nSPS) is 11.6. The number of nitrogens with one attached hydrogen (secondary N) is 1. The highest BCUT2D eigenvalue weighted by Crippen LogP contribution is 2.37. The van der Waals surface area contributed by atoms with E-state index in [1.165, 1.54) is 19.2 Å². The van der Waals surface area contributed by atoms with Crippen molar-refractivity contribution in [2.75, 3.05) is 26.1 Å². The van der Waals surface area contributed by atoms with E-state index >= 15 is 0 Å². The lowest BCUT2D eigenvalue weighted by Gasteiger charge is -2.15. The van der Waals surface area contributed by atoms with Gasteiger partial charge in [0, 0.05) is 11.3 Å². The summed E-state index contributed by atoms with van der Waals surface area (Å²) in [6.45, 7) is -0.527. The van der Waals surface area contributed by atoms with Gasteiger partial charge in [-0.1, -0.05) is 0 Å². The van der Waals surface area contributed by atoms with Crippen molar-refractivity contribution in [3.8, 4) is 11.5 Å². The van der Waals surface area contributed by atoms with E-state index in [0.717, 1.165) is 13.2 Å². The highest BCUT2D eigenvalue weighted by Gasteiger charge is 2.37. The third-order valence-electron chi connectivity index (χ3n) is 3.84. The van der Waals surface area contributed by atoms with Gasteiger partial charge in [0.15, 0.2) is 18.1 Å². The predicted octanol–water partition coefficient (Wildman–Crippen LogP) is 4.54. The van der Waals surface area contributed by atoms with Crippen LogP contribution in [0, 0.1) is 0 Å². The summed E-state index contributed by atoms with van der Waals surface area (Å²) in [7, 11) is 2.40. The van der Waals surface area contributed by atoms with Gasteiger partial charge in [-0.05, 0) is 36.4 Å². The molecule has 0 bridgehead atoms. The highest BCUT2D eigenvalue weighted by atomic mass is 19.4.